The normalized spacial score (nSPS) is 29.5. The third kappa shape index (κ3) is 3.82. The molecule has 0 amide bonds. The summed E-state index contributed by atoms with van der Waals surface area (Å²) in [5.41, 5.74) is 0. The third-order valence-electron chi connectivity index (χ3n) is 3.29. The lowest BCUT2D eigenvalue weighted by atomic mass is 9.95. The van der Waals surface area contributed by atoms with E-state index in [-0.39, 0.29) is 4.83 Å². The zero-order valence-corrected chi connectivity index (χ0v) is 27.0. The lowest BCUT2D eigenvalue weighted by molar-refractivity contribution is 0.232. The number of hydrogen-bond acceptors (Lipinski definition) is 1. The number of para-hydroxylation sites is 1. The molecule has 0 aliphatic heterocycles. The molecule has 1 nitrogen and oxygen atoms in total. The van der Waals surface area contributed by atoms with Crippen LogP contribution in [0.15, 0.2) is 39.3 Å². The van der Waals surface area contributed by atoms with Crippen LogP contribution in [0.2, 0.25) is 0 Å². The average Bonchev–Trinajstić information content (AvgIpc) is 2.50. The largest absolute Gasteiger partial charge is 0.464 e. The van der Waals surface area contributed by atoms with Crippen LogP contribution in [0.1, 0.15) is 0 Å². The molecule has 0 saturated heterocycles. The molecule has 24 heavy (non-hydrogen) atoms. The van der Waals surface area contributed by atoms with Crippen LogP contribution in [-0.2, 0) is 0 Å². The highest BCUT2D eigenvalue weighted by molar-refractivity contribution is 9.32. The fourth-order valence-corrected chi connectivity index (χ4v) is 12.9. The predicted octanol–water partition coefficient (Wildman–Crippen LogP) is 9.39. The van der Waals surface area contributed by atoms with Crippen molar-refractivity contribution in [2.75, 3.05) is 0 Å². The molecule has 0 radical (unpaired) electrons. The summed E-state index contributed by atoms with van der Waals surface area (Å²) in [7, 11) is 0. The van der Waals surface area contributed by atoms with Gasteiger partial charge in [-0.15, -0.1) is 0 Å². The van der Waals surface area contributed by atoms with Gasteiger partial charge in [0.2, 0.25) is 3.42 Å². The Morgan fingerprint density at radius 1 is 0.917 bits per heavy atom. The van der Waals surface area contributed by atoms with Gasteiger partial charge in [-0.3, -0.25) is 0 Å². The Labute approximate surface area is 224 Å². The van der Waals surface area contributed by atoms with Crippen LogP contribution in [0.25, 0.3) is 0 Å². The molecule has 11 heteroatoms. The molecule has 2 atom stereocenters. The smallest absolute Gasteiger partial charge is 0.239 e. The molecule has 0 bridgehead atoms. The monoisotopic (exact) mass is 967 g/mol. The Morgan fingerprint density at radius 3 is 1.92 bits per heavy atom. The van der Waals surface area contributed by atoms with Gasteiger partial charge in [-0.05, 0) is 44.0 Å². The summed E-state index contributed by atoms with van der Waals surface area (Å²) in [6.45, 7) is 0. The standard InChI is InChI=1S/C13H6Br10O/c14-7-8(15)10(17,12(20,21)11(18,19)9(7)16)13(22,23)24-6-4-2-1-3-5-6/h1-5,9H. The Kier molecular flexibility index (Phi) is 8.30. The average molecular weight is 977 g/mol. The van der Waals surface area contributed by atoms with Gasteiger partial charge in [0, 0.05) is 8.96 Å². The van der Waals surface area contributed by atoms with Gasteiger partial charge in [0.15, 0.2) is 0 Å². The summed E-state index contributed by atoms with van der Waals surface area (Å²) in [4.78, 5) is -0.0867. The second-order valence-electron chi connectivity index (χ2n) is 4.81. The Hall–Kier alpha value is 3.56. The zero-order valence-electron chi connectivity index (χ0n) is 11.2. The molecular weight excluding hydrogens is 971 g/mol. The Bertz CT molecular complexity index is 656. The Morgan fingerprint density at radius 2 is 1.42 bits per heavy atom. The predicted molar refractivity (Wildman–Crippen MR) is 138 cm³/mol. The number of halogens is 10. The number of hydrogen-bond donors (Lipinski definition) is 0. The summed E-state index contributed by atoms with van der Waals surface area (Å²) in [5, 5.41) is 0. The first-order valence-corrected chi connectivity index (χ1v) is 14.1. The van der Waals surface area contributed by atoms with Crippen LogP contribution in [0.5, 0.6) is 5.75 Å². The first kappa shape index (κ1) is 23.8. The molecule has 0 spiro atoms. The van der Waals surface area contributed by atoms with Crippen LogP contribution in [0.4, 0.5) is 0 Å². The van der Waals surface area contributed by atoms with Gasteiger partial charge in [-0.25, -0.2) is 0 Å². The second-order valence-corrected chi connectivity index (χ2v) is 18.9. The molecule has 134 valence electrons. The number of benzene rings is 1. The topological polar surface area (TPSA) is 9.23 Å². The van der Waals surface area contributed by atoms with Gasteiger partial charge in [-0.2, -0.15) is 0 Å². The minimum Gasteiger partial charge on any atom is -0.464 e. The fourth-order valence-electron chi connectivity index (χ4n) is 1.98. The van der Waals surface area contributed by atoms with Crippen molar-refractivity contribution in [1.29, 1.82) is 0 Å². The molecule has 0 aromatic heterocycles. The van der Waals surface area contributed by atoms with Crippen LogP contribution in [0, 0.1) is 0 Å². The molecule has 2 unspecified atom stereocenters. The van der Waals surface area contributed by atoms with Crippen molar-refractivity contribution in [3.8, 4) is 5.75 Å². The lowest BCUT2D eigenvalue weighted by Crippen LogP contribution is -2.66. The van der Waals surface area contributed by atoms with E-state index in [1.165, 1.54) is 0 Å². The van der Waals surface area contributed by atoms with E-state index in [0.717, 1.165) is 8.96 Å². The maximum atomic E-state index is 6.21. The summed E-state index contributed by atoms with van der Waals surface area (Å²) in [5.74, 6) is 0.702. The first-order chi connectivity index (χ1) is 10.8. The van der Waals surface area contributed by atoms with Crippen LogP contribution < -0.4 is 4.74 Å². The number of ether oxygens (including phenoxy) is 1. The highest BCUT2D eigenvalue weighted by Gasteiger charge is 2.73. The van der Waals surface area contributed by atoms with Crippen molar-refractivity contribution >= 4 is 159 Å². The van der Waals surface area contributed by atoms with E-state index < -0.39 is 14.2 Å². The van der Waals surface area contributed by atoms with Crippen LogP contribution >= 0.6 is 159 Å². The van der Waals surface area contributed by atoms with E-state index in [4.69, 9.17) is 4.74 Å². The van der Waals surface area contributed by atoms with Gasteiger partial charge in [0.25, 0.3) is 0 Å². The van der Waals surface area contributed by atoms with E-state index in [9.17, 15) is 0 Å². The van der Waals surface area contributed by atoms with Gasteiger partial charge in [-0.1, -0.05) is 146 Å². The quantitative estimate of drug-likeness (QED) is 0.275. The zero-order chi connectivity index (χ0) is 18.6. The molecule has 1 aromatic carbocycles. The molecule has 0 saturated carbocycles. The van der Waals surface area contributed by atoms with E-state index in [1.54, 1.807) is 0 Å². The highest BCUT2D eigenvalue weighted by Crippen LogP contribution is 2.73. The molecule has 0 heterocycles. The van der Waals surface area contributed by atoms with Crippen molar-refractivity contribution in [1.82, 2.24) is 0 Å². The highest BCUT2D eigenvalue weighted by atomic mass is 79.9. The summed E-state index contributed by atoms with van der Waals surface area (Å²) in [6, 6.07) is 9.53. The molecule has 1 aliphatic rings. The number of alkyl halides is 8. The van der Waals surface area contributed by atoms with Crippen molar-refractivity contribution in [2.24, 2.45) is 0 Å². The van der Waals surface area contributed by atoms with E-state index in [1.807, 2.05) is 30.3 Å². The molecule has 2 rings (SSSR count). The third-order valence-corrected chi connectivity index (χ3v) is 21.1. The molecular formula is C13H6Br10O. The van der Waals surface area contributed by atoms with Gasteiger partial charge in [0.05, 0.1) is 4.83 Å². The van der Waals surface area contributed by atoms with E-state index in [2.05, 4.69) is 159 Å². The maximum absolute atomic E-state index is 6.21. The maximum Gasteiger partial charge on any atom is 0.239 e. The van der Waals surface area contributed by atoms with Crippen LogP contribution in [0.3, 0.4) is 0 Å². The van der Waals surface area contributed by atoms with Crippen molar-refractivity contribution in [3.05, 3.63) is 39.3 Å². The molecule has 0 N–H and O–H groups in total. The first-order valence-electron chi connectivity index (χ1n) is 6.07. The SMILES string of the molecule is BrC1=C(Br)C(Br)(C(Br)(Br)Oc2ccccc2)C(Br)(Br)C(Br)(Br)C1Br. The van der Waals surface area contributed by atoms with Gasteiger partial charge in [0.1, 0.15) is 16.5 Å². The van der Waals surface area contributed by atoms with Crippen molar-refractivity contribution in [2.45, 2.75) is 19.0 Å². The summed E-state index contributed by atoms with van der Waals surface area (Å²) in [6.07, 6.45) is 0. The molecule has 0 fully saturated rings. The summed E-state index contributed by atoms with van der Waals surface area (Å²) >= 11 is 37.5. The van der Waals surface area contributed by atoms with Crippen molar-refractivity contribution in [3.63, 3.8) is 0 Å². The number of rotatable bonds is 3. The minimum atomic E-state index is -1.03. The minimum absolute atomic E-state index is 0.0867. The van der Waals surface area contributed by atoms with Crippen molar-refractivity contribution < 1.29 is 4.74 Å². The molecule has 1 aliphatic carbocycles. The fraction of sp³-hybridized carbons (Fsp3) is 0.385. The number of allylic oxidation sites excluding steroid dienone is 1. The van der Waals surface area contributed by atoms with Crippen LogP contribution in [-0.4, -0.2) is 19.0 Å². The van der Waals surface area contributed by atoms with E-state index in [0.29, 0.717) is 5.75 Å². The van der Waals surface area contributed by atoms with Gasteiger partial charge >= 0.3 is 0 Å². The lowest BCUT2D eigenvalue weighted by Gasteiger charge is -2.55. The summed E-state index contributed by atoms with van der Waals surface area (Å²) < 4.78 is 4.69. The second kappa shape index (κ2) is 8.36. The van der Waals surface area contributed by atoms with E-state index >= 15 is 0 Å². The molecule has 1 aromatic rings. The van der Waals surface area contributed by atoms with Gasteiger partial charge < -0.3 is 4.74 Å². The Balaban J connectivity index is 2.63.